The predicted molar refractivity (Wildman–Crippen MR) is 75.2 cm³/mol. The Morgan fingerprint density at radius 3 is 3.06 bits per heavy atom. The van der Waals surface area contributed by atoms with Crippen LogP contribution in [0.4, 0.5) is 5.69 Å². The lowest BCUT2D eigenvalue weighted by Crippen LogP contribution is -2.29. The summed E-state index contributed by atoms with van der Waals surface area (Å²) < 4.78 is 0. The summed E-state index contributed by atoms with van der Waals surface area (Å²) in [4.78, 5) is 13.3. The molecule has 0 radical (unpaired) electrons. The Morgan fingerprint density at radius 2 is 2.33 bits per heavy atom. The van der Waals surface area contributed by atoms with Gasteiger partial charge < -0.3 is 10.2 Å². The normalized spacial score (nSPS) is 19.1. The number of nitrogens with one attached hydrogen (secondary N) is 1. The smallest absolute Gasteiger partial charge is 0.216 e. The number of aryl methyl sites for hydroxylation is 1. The van der Waals surface area contributed by atoms with Crippen molar-refractivity contribution in [2.24, 2.45) is 5.92 Å². The number of anilines is 1. The third kappa shape index (κ3) is 3.16. The molecular weight excluding hydrogens is 248 g/mol. The van der Waals surface area contributed by atoms with E-state index in [2.05, 4.69) is 23.2 Å². The summed E-state index contributed by atoms with van der Waals surface area (Å²) in [7, 11) is 0. The number of hydrogen-bond acceptors (Lipinski definition) is 2. The lowest BCUT2D eigenvalue weighted by molar-refractivity contribution is -0.119. The topological polar surface area (TPSA) is 32.3 Å². The van der Waals surface area contributed by atoms with Crippen molar-refractivity contribution in [3.05, 3.63) is 28.8 Å². The van der Waals surface area contributed by atoms with E-state index in [9.17, 15) is 4.79 Å². The van der Waals surface area contributed by atoms with Gasteiger partial charge in [-0.2, -0.15) is 0 Å². The van der Waals surface area contributed by atoms with E-state index in [1.54, 1.807) is 6.92 Å². The molecule has 1 aromatic rings. The molecule has 1 saturated heterocycles. The molecule has 1 aliphatic heterocycles. The molecule has 0 aliphatic carbocycles. The first-order valence-electron chi connectivity index (χ1n) is 6.32. The zero-order chi connectivity index (χ0) is 13.1. The van der Waals surface area contributed by atoms with Crippen molar-refractivity contribution < 1.29 is 4.79 Å². The van der Waals surface area contributed by atoms with Crippen LogP contribution in [0, 0.1) is 12.8 Å². The number of carbonyl (C=O) groups is 1. The van der Waals surface area contributed by atoms with Crippen LogP contribution in [0.15, 0.2) is 18.2 Å². The second-order valence-electron chi connectivity index (χ2n) is 4.97. The van der Waals surface area contributed by atoms with Gasteiger partial charge >= 0.3 is 0 Å². The largest absolute Gasteiger partial charge is 0.371 e. The first-order valence-corrected chi connectivity index (χ1v) is 6.69. The second kappa shape index (κ2) is 5.61. The van der Waals surface area contributed by atoms with E-state index >= 15 is 0 Å². The van der Waals surface area contributed by atoms with Gasteiger partial charge in [0.15, 0.2) is 0 Å². The molecule has 1 aromatic carbocycles. The van der Waals surface area contributed by atoms with Gasteiger partial charge in [0.05, 0.1) is 0 Å². The van der Waals surface area contributed by atoms with E-state index in [1.807, 2.05) is 12.1 Å². The first kappa shape index (κ1) is 13.2. The zero-order valence-electron chi connectivity index (χ0n) is 10.9. The van der Waals surface area contributed by atoms with Gasteiger partial charge in [-0.05, 0) is 37.0 Å². The van der Waals surface area contributed by atoms with Gasteiger partial charge in [-0.25, -0.2) is 0 Å². The minimum Gasteiger partial charge on any atom is -0.371 e. The fourth-order valence-corrected chi connectivity index (χ4v) is 2.60. The van der Waals surface area contributed by atoms with Crippen LogP contribution >= 0.6 is 11.6 Å². The van der Waals surface area contributed by atoms with Crippen LogP contribution in [0.2, 0.25) is 5.02 Å². The molecule has 1 atom stereocenters. The SMILES string of the molecule is CC(=O)NC[C@@H]1CCN(c2cc(Cl)ccc2C)C1. The summed E-state index contributed by atoms with van der Waals surface area (Å²) in [6.45, 7) is 6.46. The molecule has 0 unspecified atom stereocenters. The Balaban J connectivity index is 1.99. The highest BCUT2D eigenvalue weighted by Crippen LogP contribution is 2.29. The Hall–Kier alpha value is -1.22. The maximum atomic E-state index is 10.9. The van der Waals surface area contributed by atoms with E-state index in [1.165, 1.54) is 11.3 Å². The molecule has 1 heterocycles. The number of hydrogen-bond donors (Lipinski definition) is 1. The van der Waals surface area contributed by atoms with E-state index in [0.717, 1.165) is 31.1 Å². The van der Waals surface area contributed by atoms with Gasteiger partial charge in [0.2, 0.25) is 5.91 Å². The lowest BCUT2D eigenvalue weighted by atomic mass is 10.1. The quantitative estimate of drug-likeness (QED) is 0.912. The summed E-state index contributed by atoms with van der Waals surface area (Å²) in [5.74, 6) is 0.583. The molecule has 1 N–H and O–H groups in total. The molecule has 18 heavy (non-hydrogen) atoms. The van der Waals surface area contributed by atoms with Crippen LogP contribution in [0.3, 0.4) is 0 Å². The van der Waals surface area contributed by atoms with Gasteiger partial charge in [0.25, 0.3) is 0 Å². The molecule has 4 heteroatoms. The van der Waals surface area contributed by atoms with E-state index in [0.29, 0.717) is 5.92 Å². The van der Waals surface area contributed by atoms with Gasteiger partial charge in [-0.15, -0.1) is 0 Å². The molecular formula is C14H19ClN2O. The number of nitrogens with zero attached hydrogens (tertiary/aromatic N) is 1. The third-order valence-corrected chi connectivity index (χ3v) is 3.67. The van der Waals surface area contributed by atoms with Crippen molar-refractivity contribution in [1.82, 2.24) is 5.32 Å². The monoisotopic (exact) mass is 266 g/mol. The van der Waals surface area contributed by atoms with Gasteiger partial charge in [0, 0.05) is 37.3 Å². The molecule has 1 fully saturated rings. The average Bonchev–Trinajstić information content (AvgIpc) is 2.78. The van der Waals surface area contributed by atoms with Gasteiger partial charge in [-0.3, -0.25) is 4.79 Å². The number of amides is 1. The third-order valence-electron chi connectivity index (χ3n) is 3.44. The minimum atomic E-state index is 0.0485. The molecule has 0 saturated carbocycles. The first-order chi connectivity index (χ1) is 8.56. The van der Waals surface area contributed by atoms with Crippen LogP contribution in [0.25, 0.3) is 0 Å². The predicted octanol–water partition coefficient (Wildman–Crippen LogP) is 2.61. The van der Waals surface area contributed by atoms with Crippen molar-refractivity contribution in [3.63, 3.8) is 0 Å². The highest BCUT2D eigenvalue weighted by atomic mass is 35.5. The van der Waals surface area contributed by atoms with Crippen molar-refractivity contribution in [3.8, 4) is 0 Å². The Bertz CT molecular complexity index is 447. The standard InChI is InChI=1S/C14H19ClN2O/c1-10-3-4-13(15)7-14(10)17-6-5-12(9-17)8-16-11(2)18/h3-4,7,12H,5-6,8-9H2,1-2H3,(H,16,18)/t12-/m0/s1. The molecule has 3 nitrogen and oxygen atoms in total. The van der Waals surface area contributed by atoms with Crippen LogP contribution in [0.1, 0.15) is 18.9 Å². The minimum absolute atomic E-state index is 0.0485. The molecule has 1 amide bonds. The van der Waals surface area contributed by atoms with Crippen LogP contribution in [-0.2, 0) is 4.79 Å². The van der Waals surface area contributed by atoms with E-state index in [4.69, 9.17) is 11.6 Å². The fourth-order valence-electron chi connectivity index (χ4n) is 2.43. The maximum absolute atomic E-state index is 10.9. The molecule has 98 valence electrons. The number of carbonyl (C=O) groups excluding carboxylic acids is 1. The number of benzene rings is 1. The highest BCUT2D eigenvalue weighted by Gasteiger charge is 2.23. The number of rotatable bonds is 3. The summed E-state index contributed by atoms with van der Waals surface area (Å²) in [6, 6.07) is 6.00. The molecule has 1 aliphatic rings. The van der Waals surface area contributed by atoms with E-state index < -0.39 is 0 Å². The van der Waals surface area contributed by atoms with Crippen LogP contribution in [0.5, 0.6) is 0 Å². The summed E-state index contributed by atoms with van der Waals surface area (Å²) >= 11 is 6.05. The van der Waals surface area contributed by atoms with Crippen molar-refractivity contribution in [1.29, 1.82) is 0 Å². The van der Waals surface area contributed by atoms with Gasteiger partial charge in [-0.1, -0.05) is 17.7 Å². The Morgan fingerprint density at radius 1 is 1.56 bits per heavy atom. The number of halogens is 1. The summed E-state index contributed by atoms with van der Waals surface area (Å²) in [5, 5.41) is 3.67. The van der Waals surface area contributed by atoms with Crippen molar-refractivity contribution in [2.75, 3.05) is 24.5 Å². The average molecular weight is 267 g/mol. The Kier molecular flexibility index (Phi) is 4.12. The summed E-state index contributed by atoms with van der Waals surface area (Å²) in [6.07, 6.45) is 1.12. The second-order valence-corrected chi connectivity index (χ2v) is 5.41. The molecule has 0 bridgehead atoms. The van der Waals surface area contributed by atoms with Crippen molar-refractivity contribution in [2.45, 2.75) is 20.3 Å². The zero-order valence-corrected chi connectivity index (χ0v) is 11.6. The molecule has 2 rings (SSSR count). The van der Waals surface area contributed by atoms with Gasteiger partial charge in [0.1, 0.15) is 0 Å². The lowest BCUT2D eigenvalue weighted by Gasteiger charge is -2.21. The Labute approximate surface area is 113 Å². The molecule has 0 aromatic heterocycles. The highest BCUT2D eigenvalue weighted by molar-refractivity contribution is 6.30. The molecule has 0 spiro atoms. The van der Waals surface area contributed by atoms with Crippen LogP contribution < -0.4 is 10.2 Å². The van der Waals surface area contributed by atoms with Crippen LogP contribution in [-0.4, -0.2) is 25.5 Å². The summed E-state index contributed by atoms with van der Waals surface area (Å²) in [5.41, 5.74) is 2.47. The van der Waals surface area contributed by atoms with E-state index in [-0.39, 0.29) is 5.91 Å². The fraction of sp³-hybridized carbons (Fsp3) is 0.500. The maximum Gasteiger partial charge on any atom is 0.216 e. The van der Waals surface area contributed by atoms with Crippen molar-refractivity contribution >= 4 is 23.2 Å².